The molecule has 26 heavy (non-hydrogen) atoms. The summed E-state index contributed by atoms with van der Waals surface area (Å²) in [7, 11) is 0. The molecule has 1 saturated heterocycles. The van der Waals surface area contributed by atoms with Crippen LogP contribution < -0.4 is 10.2 Å². The summed E-state index contributed by atoms with van der Waals surface area (Å²) < 4.78 is 5.38. The highest BCUT2D eigenvalue weighted by Crippen LogP contribution is 2.28. The van der Waals surface area contributed by atoms with E-state index in [4.69, 9.17) is 4.74 Å². The van der Waals surface area contributed by atoms with Gasteiger partial charge in [0, 0.05) is 29.8 Å². The number of anilines is 2. The molecule has 134 valence electrons. The number of thiazole rings is 1. The first-order chi connectivity index (χ1) is 12.8. The van der Waals surface area contributed by atoms with Crippen LogP contribution in [0.2, 0.25) is 0 Å². The molecule has 4 rings (SSSR count). The number of thiophene rings is 1. The van der Waals surface area contributed by atoms with Gasteiger partial charge in [-0.15, -0.1) is 22.7 Å². The molecule has 1 aliphatic rings. The third-order valence-corrected chi connectivity index (χ3v) is 6.08. The lowest BCUT2D eigenvalue weighted by Gasteiger charge is -2.28. The van der Waals surface area contributed by atoms with Crippen molar-refractivity contribution in [3.63, 3.8) is 0 Å². The van der Waals surface area contributed by atoms with E-state index in [1.807, 2.05) is 47.2 Å². The Morgan fingerprint density at radius 2 is 1.96 bits per heavy atom. The van der Waals surface area contributed by atoms with Crippen LogP contribution in [0.25, 0.3) is 9.88 Å². The summed E-state index contributed by atoms with van der Waals surface area (Å²) >= 11 is 3.24. The summed E-state index contributed by atoms with van der Waals surface area (Å²) in [4.78, 5) is 20.3. The summed E-state index contributed by atoms with van der Waals surface area (Å²) in [5, 5.41) is 7.91. The molecule has 7 heteroatoms. The number of carbonyl (C=O) groups is 1. The Hall–Kier alpha value is -2.22. The number of ether oxygens (including phenoxy) is 1. The van der Waals surface area contributed by atoms with E-state index in [1.54, 1.807) is 22.7 Å². The molecule has 0 saturated carbocycles. The van der Waals surface area contributed by atoms with Crippen LogP contribution in [0.3, 0.4) is 0 Å². The normalized spacial score (nSPS) is 14.4. The van der Waals surface area contributed by atoms with Gasteiger partial charge < -0.3 is 15.0 Å². The Bertz CT molecular complexity index is 853. The van der Waals surface area contributed by atoms with Gasteiger partial charge in [-0.3, -0.25) is 4.79 Å². The average molecular weight is 386 g/mol. The molecule has 1 amide bonds. The smallest absolute Gasteiger partial charge is 0.230 e. The molecule has 0 bridgehead atoms. The minimum atomic E-state index is -0.0489. The third kappa shape index (κ3) is 4.12. The van der Waals surface area contributed by atoms with Crippen LogP contribution in [0.4, 0.5) is 11.4 Å². The van der Waals surface area contributed by atoms with Crippen molar-refractivity contribution in [2.75, 3.05) is 36.5 Å². The molecular weight excluding hydrogens is 366 g/mol. The number of nitrogens with zero attached hydrogens (tertiary/aromatic N) is 2. The number of nitrogens with one attached hydrogen (secondary N) is 1. The SMILES string of the molecule is O=C(Cc1csc(-c2cccs2)n1)Nc1ccc(N2CCOCC2)cc1. The summed E-state index contributed by atoms with van der Waals surface area (Å²) in [6.07, 6.45) is 0.285. The first-order valence-electron chi connectivity index (χ1n) is 8.49. The van der Waals surface area contributed by atoms with Crippen molar-refractivity contribution in [2.24, 2.45) is 0 Å². The van der Waals surface area contributed by atoms with Crippen LogP contribution in [0.15, 0.2) is 47.2 Å². The molecule has 2 aromatic heterocycles. The van der Waals surface area contributed by atoms with Gasteiger partial charge in [-0.2, -0.15) is 0 Å². The van der Waals surface area contributed by atoms with Gasteiger partial charge in [0.2, 0.25) is 5.91 Å². The molecule has 0 spiro atoms. The molecule has 0 unspecified atom stereocenters. The van der Waals surface area contributed by atoms with Crippen molar-refractivity contribution in [2.45, 2.75) is 6.42 Å². The maximum atomic E-state index is 12.3. The highest BCUT2D eigenvalue weighted by Gasteiger charge is 2.12. The molecule has 5 nitrogen and oxygen atoms in total. The molecule has 1 aromatic carbocycles. The lowest BCUT2D eigenvalue weighted by atomic mass is 10.2. The fourth-order valence-electron chi connectivity index (χ4n) is 2.85. The van der Waals surface area contributed by atoms with E-state index in [0.29, 0.717) is 0 Å². The number of rotatable bonds is 5. The van der Waals surface area contributed by atoms with Crippen LogP contribution in [0.1, 0.15) is 5.69 Å². The van der Waals surface area contributed by atoms with Crippen molar-refractivity contribution >= 4 is 40.0 Å². The zero-order valence-corrected chi connectivity index (χ0v) is 15.8. The second kappa shape index (κ2) is 7.99. The minimum absolute atomic E-state index is 0.0489. The number of aromatic nitrogens is 1. The zero-order valence-electron chi connectivity index (χ0n) is 14.2. The van der Waals surface area contributed by atoms with Gasteiger partial charge >= 0.3 is 0 Å². The quantitative estimate of drug-likeness (QED) is 0.724. The van der Waals surface area contributed by atoms with Crippen LogP contribution in [0.5, 0.6) is 0 Å². The Kier molecular flexibility index (Phi) is 5.29. The molecule has 0 aliphatic carbocycles. The predicted molar refractivity (Wildman–Crippen MR) is 107 cm³/mol. The monoisotopic (exact) mass is 385 g/mol. The first-order valence-corrected chi connectivity index (χ1v) is 10.2. The molecule has 3 heterocycles. The van der Waals surface area contributed by atoms with Gasteiger partial charge in [0.05, 0.1) is 30.2 Å². The lowest BCUT2D eigenvalue weighted by Crippen LogP contribution is -2.36. The maximum absolute atomic E-state index is 12.3. The standard InChI is InChI=1S/C19H19N3O2S2/c23-18(12-15-13-26-19(21-15)17-2-1-11-25-17)20-14-3-5-16(6-4-14)22-7-9-24-10-8-22/h1-6,11,13H,7-10,12H2,(H,20,23). The highest BCUT2D eigenvalue weighted by molar-refractivity contribution is 7.20. The summed E-state index contributed by atoms with van der Waals surface area (Å²) in [5.74, 6) is -0.0489. The molecule has 3 aromatic rings. The van der Waals surface area contributed by atoms with Gasteiger partial charge in [-0.05, 0) is 35.7 Å². The van der Waals surface area contributed by atoms with Gasteiger partial charge in [0.25, 0.3) is 0 Å². The van der Waals surface area contributed by atoms with Crippen LogP contribution in [-0.2, 0) is 16.0 Å². The fraction of sp³-hybridized carbons (Fsp3) is 0.263. The predicted octanol–water partition coefficient (Wildman–Crippen LogP) is 3.89. The third-order valence-electron chi connectivity index (χ3n) is 4.15. The van der Waals surface area contributed by atoms with E-state index < -0.39 is 0 Å². The van der Waals surface area contributed by atoms with E-state index in [9.17, 15) is 4.79 Å². The van der Waals surface area contributed by atoms with Gasteiger partial charge in [-0.25, -0.2) is 4.98 Å². The molecule has 1 N–H and O–H groups in total. The van der Waals surface area contributed by atoms with Crippen molar-refractivity contribution in [3.05, 3.63) is 52.9 Å². The van der Waals surface area contributed by atoms with Gasteiger partial charge in [0.15, 0.2) is 0 Å². The molecule has 1 aliphatic heterocycles. The lowest BCUT2D eigenvalue weighted by molar-refractivity contribution is -0.115. The number of benzene rings is 1. The van der Waals surface area contributed by atoms with Crippen LogP contribution in [0, 0.1) is 0 Å². The van der Waals surface area contributed by atoms with Crippen LogP contribution >= 0.6 is 22.7 Å². The Labute approximate surface area is 160 Å². The van der Waals surface area contributed by atoms with E-state index >= 15 is 0 Å². The van der Waals surface area contributed by atoms with Crippen molar-refractivity contribution in [1.29, 1.82) is 0 Å². The average Bonchev–Trinajstić information content (AvgIpc) is 3.35. The van der Waals surface area contributed by atoms with E-state index in [-0.39, 0.29) is 12.3 Å². The molecule has 0 atom stereocenters. The second-order valence-electron chi connectivity index (χ2n) is 5.99. The van der Waals surface area contributed by atoms with Crippen LogP contribution in [-0.4, -0.2) is 37.2 Å². The summed E-state index contributed by atoms with van der Waals surface area (Å²) in [6, 6.07) is 12.0. The van der Waals surface area contributed by atoms with E-state index in [2.05, 4.69) is 15.2 Å². The number of morpholine rings is 1. The van der Waals surface area contributed by atoms with Crippen molar-refractivity contribution in [3.8, 4) is 9.88 Å². The first kappa shape index (κ1) is 17.2. The number of amides is 1. The van der Waals surface area contributed by atoms with E-state index in [0.717, 1.165) is 53.3 Å². The Balaban J connectivity index is 1.34. The van der Waals surface area contributed by atoms with Crippen molar-refractivity contribution < 1.29 is 9.53 Å². The van der Waals surface area contributed by atoms with E-state index in [1.165, 1.54) is 0 Å². The zero-order chi connectivity index (χ0) is 17.8. The number of carbonyl (C=O) groups excluding carboxylic acids is 1. The maximum Gasteiger partial charge on any atom is 0.230 e. The topological polar surface area (TPSA) is 54.5 Å². The fourth-order valence-corrected chi connectivity index (χ4v) is 4.48. The highest BCUT2D eigenvalue weighted by atomic mass is 32.1. The Morgan fingerprint density at radius 1 is 1.15 bits per heavy atom. The van der Waals surface area contributed by atoms with Gasteiger partial charge in [0.1, 0.15) is 5.01 Å². The molecular formula is C19H19N3O2S2. The molecule has 0 radical (unpaired) electrons. The summed E-state index contributed by atoms with van der Waals surface area (Å²) in [6.45, 7) is 3.34. The van der Waals surface area contributed by atoms with Gasteiger partial charge in [-0.1, -0.05) is 6.07 Å². The second-order valence-corrected chi connectivity index (χ2v) is 7.80. The summed E-state index contributed by atoms with van der Waals surface area (Å²) in [5.41, 5.74) is 2.77. The van der Waals surface area contributed by atoms with Crippen molar-refractivity contribution in [1.82, 2.24) is 4.98 Å². The number of hydrogen-bond donors (Lipinski definition) is 1. The minimum Gasteiger partial charge on any atom is -0.378 e. The number of hydrogen-bond acceptors (Lipinski definition) is 6. The largest absolute Gasteiger partial charge is 0.378 e. The molecule has 1 fully saturated rings. The Morgan fingerprint density at radius 3 is 2.69 bits per heavy atom.